The molecule has 0 saturated carbocycles. The number of nitrogens with zero attached hydrogens (tertiary/aromatic N) is 2. The fourth-order valence-electron chi connectivity index (χ4n) is 2.28. The van der Waals surface area contributed by atoms with Gasteiger partial charge in [-0.15, -0.1) is 0 Å². The number of nitrogens with two attached hydrogens (primary N) is 1. The topological polar surface area (TPSA) is 32.5 Å². The van der Waals surface area contributed by atoms with Crippen LogP contribution in [0.25, 0.3) is 0 Å². The maximum Gasteiger partial charge on any atom is 0.125 e. The van der Waals surface area contributed by atoms with Gasteiger partial charge in [0.15, 0.2) is 0 Å². The highest BCUT2D eigenvalue weighted by Crippen LogP contribution is 2.27. The molecule has 0 radical (unpaired) electrons. The number of halogens is 1. The molecule has 1 unspecified atom stereocenters. The summed E-state index contributed by atoms with van der Waals surface area (Å²) in [6, 6.07) is 5.04. The molecule has 0 spiro atoms. The quantitative estimate of drug-likeness (QED) is 0.733. The first-order valence-electron chi connectivity index (χ1n) is 5.58. The zero-order valence-corrected chi connectivity index (χ0v) is 9.78. The zero-order chi connectivity index (χ0) is 11.7. The smallest absolute Gasteiger partial charge is 0.125 e. The van der Waals surface area contributed by atoms with Crippen molar-refractivity contribution in [3.63, 3.8) is 0 Å². The summed E-state index contributed by atoms with van der Waals surface area (Å²) in [6.45, 7) is 5.13. The summed E-state index contributed by atoms with van der Waals surface area (Å²) in [5, 5.41) is 0. The molecule has 1 fully saturated rings. The molecule has 0 bridgehead atoms. The van der Waals surface area contributed by atoms with E-state index in [1.807, 2.05) is 0 Å². The van der Waals surface area contributed by atoms with Crippen molar-refractivity contribution < 1.29 is 4.39 Å². The number of piperazine rings is 1. The molecular formula is C12H18FN3. The minimum Gasteiger partial charge on any atom is -0.397 e. The lowest BCUT2D eigenvalue weighted by Crippen LogP contribution is -2.50. The highest BCUT2D eigenvalue weighted by molar-refractivity contribution is 5.68. The number of anilines is 2. The van der Waals surface area contributed by atoms with Crippen LogP contribution in [0.3, 0.4) is 0 Å². The van der Waals surface area contributed by atoms with E-state index in [0.717, 1.165) is 25.3 Å². The lowest BCUT2D eigenvalue weighted by molar-refractivity contribution is 0.276. The average Bonchev–Trinajstić information content (AvgIpc) is 2.19. The van der Waals surface area contributed by atoms with E-state index in [1.54, 1.807) is 6.07 Å². The van der Waals surface area contributed by atoms with Gasteiger partial charge >= 0.3 is 0 Å². The SMILES string of the molecule is CC1CN(C)CCN1c1ccc(F)cc1N. The summed E-state index contributed by atoms with van der Waals surface area (Å²) in [4.78, 5) is 4.54. The Labute approximate surface area is 95.6 Å². The van der Waals surface area contributed by atoms with Crippen LogP contribution in [0.4, 0.5) is 15.8 Å². The molecule has 1 aliphatic heterocycles. The van der Waals surface area contributed by atoms with E-state index in [0.29, 0.717) is 11.7 Å². The first-order chi connectivity index (χ1) is 7.58. The molecule has 4 heteroatoms. The van der Waals surface area contributed by atoms with Crippen molar-refractivity contribution in [2.45, 2.75) is 13.0 Å². The Morgan fingerprint density at radius 2 is 2.12 bits per heavy atom. The summed E-state index contributed by atoms with van der Waals surface area (Å²) in [7, 11) is 2.11. The normalized spacial score (nSPS) is 22.4. The van der Waals surface area contributed by atoms with Gasteiger partial charge in [0.2, 0.25) is 0 Å². The van der Waals surface area contributed by atoms with Gasteiger partial charge in [-0.1, -0.05) is 0 Å². The predicted octanol–water partition coefficient (Wildman–Crippen LogP) is 1.55. The Morgan fingerprint density at radius 3 is 2.75 bits per heavy atom. The highest BCUT2D eigenvalue weighted by Gasteiger charge is 2.22. The van der Waals surface area contributed by atoms with Gasteiger partial charge < -0.3 is 15.5 Å². The number of hydrogen-bond donors (Lipinski definition) is 1. The van der Waals surface area contributed by atoms with Crippen LogP contribution in [0, 0.1) is 5.82 Å². The molecule has 1 saturated heterocycles. The molecular weight excluding hydrogens is 205 g/mol. The Morgan fingerprint density at radius 1 is 1.38 bits per heavy atom. The van der Waals surface area contributed by atoms with Gasteiger partial charge in [0.05, 0.1) is 11.4 Å². The molecule has 2 N–H and O–H groups in total. The summed E-state index contributed by atoms with van der Waals surface area (Å²) in [5.41, 5.74) is 7.32. The van der Waals surface area contributed by atoms with E-state index < -0.39 is 0 Å². The Balaban J connectivity index is 2.23. The molecule has 16 heavy (non-hydrogen) atoms. The van der Waals surface area contributed by atoms with Crippen molar-refractivity contribution in [2.24, 2.45) is 0 Å². The van der Waals surface area contributed by atoms with Gasteiger partial charge in [0, 0.05) is 25.7 Å². The average molecular weight is 223 g/mol. The molecule has 0 aliphatic carbocycles. The molecule has 1 aromatic carbocycles. The molecule has 2 rings (SSSR count). The number of nitrogen functional groups attached to an aromatic ring is 1. The van der Waals surface area contributed by atoms with Gasteiger partial charge in [0.25, 0.3) is 0 Å². The third-order valence-electron chi connectivity index (χ3n) is 3.13. The third-order valence-corrected chi connectivity index (χ3v) is 3.13. The van der Waals surface area contributed by atoms with Crippen molar-refractivity contribution in [3.05, 3.63) is 24.0 Å². The second kappa shape index (κ2) is 4.29. The maximum absolute atomic E-state index is 13.0. The summed E-state index contributed by atoms with van der Waals surface area (Å²) in [6.07, 6.45) is 0. The molecule has 1 aromatic rings. The molecule has 3 nitrogen and oxygen atoms in total. The lowest BCUT2D eigenvalue weighted by atomic mass is 10.1. The summed E-state index contributed by atoms with van der Waals surface area (Å²) >= 11 is 0. The second-order valence-electron chi connectivity index (χ2n) is 4.51. The molecule has 1 aliphatic rings. The van der Waals surface area contributed by atoms with Gasteiger partial charge in [-0.05, 0) is 32.2 Å². The third kappa shape index (κ3) is 2.11. The van der Waals surface area contributed by atoms with Crippen LogP contribution in [-0.4, -0.2) is 37.6 Å². The van der Waals surface area contributed by atoms with Crippen LogP contribution in [0.1, 0.15) is 6.92 Å². The van der Waals surface area contributed by atoms with Crippen LogP contribution in [0.15, 0.2) is 18.2 Å². The van der Waals surface area contributed by atoms with Crippen molar-refractivity contribution >= 4 is 11.4 Å². The molecule has 1 atom stereocenters. The van der Waals surface area contributed by atoms with E-state index in [9.17, 15) is 4.39 Å². The van der Waals surface area contributed by atoms with Gasteiger partial charge in [0.1, 0.15) is 5.82 Å². The predicted molar refractivity (Wildman–Crippen MR) is 65.1 cm³/mol. The van der Waals surface area contributed by atoms with E-state index in [1.165, 1.54) is 12.1 Å². The largest absolute Gasteiger partial charge is 0.397 e. The number of rotatable bonds is 1. The van der Waals surface area contributed by atoms with Crippen molar-refractivity contribution in [2.75, 3.05) is 37.3 Å². The van der Waals surface area contributed by atoms with Gasteiger partial charge in [-0.25, -0.2) is 4.39 Å². The van der Waals surface area contributed by atoms with Crippen molar-refractivity contribution in [3.8, 4) is 0 Å². The second-order valence-corrected chi connectivity index (χ2v) is 4.51. The minimum absolute atomic E-state index is 0.275. The van der Waals surface area contributed by atoms with E-state index in [-0.39, 0.29) is 5.82 Å². The highest BCUT2D eigenvalue weighted by atomic mass is 19.1. The molecule has 0 amide bonds. The first kappa shape index (κ1) is 11.2. The fraction of sp³-hybridized carbons (Fsp3) is 0.500. The molecule has 88 valence electrons. The van der Waals surface area contributed by atoms with Crippen LogP contribution < -0.4 is 10.6 Å². The standard InChI is InChI=1S/C12H18FN3/c1-9-8-15(2)5-6-16(9)12-4-3-10(13)7-11(12)14/h3-4,7,9H,5-6,8,14H2,1-2H3. The van der Waals surface area contributed by atoms with Crippen LogP contribution in [0.5, 0.6) is 0 Å². The van der Waals surface area contributed by atoms with Crippen LogP contribution in [0.2, 0.25) is 0 Å². The fourth-order valence-corrected chi connectivity index (χ4v) is 2.28. The maximum atomic E-state index is 13.0. The van der Waals surface area contributed by atoms with Gasteiger partial charge in [-0.3, -0.25) is 0 Å². The van der Waals surface area contributed by atoms with E-state index in [4.69, 9.17) is 5.73 Å². The number of hydrogen-bond acceptors (Lipinski definition) is 3. The minimum atomic E-state index is -0.275. The summed E-state index contributed by atoms with van der Waals surface area (Å²) < 4.78 is 13.0. The van der Waals surface area contributed by atoms with Crippen LogP contribution >= 0.6 is 0 Å². The Bertz CT molecular complexity index is 381. The first-order valence-corrected chi connectivity index (χ1v) is 5.58. The number of benzene rings is 1. The van der Waals surface area contributed by atoms with Crippen molar-refractivity contribution in [1.29, 1.82) is 0 Å². The molecule has 1 heterocycles. The van der Waals surface area contributed by atoms with Crippen LogP contribution in [-0.2, 0) is 0 Å². The van der Waals surface area contributed by atoms with Crippen molar-refractivity contribution in [1.82, 2.24) is 4.90 Å². The Hall–Kier alpha value is -1.29. The number of likely N-dealkylation sites (N-methyl/N-ethyl adjacent to an activating group) is 1. The zero-order valence-electron chi connectivity index (χ0n) is 9.78. The summed E-state index contributed by atoms with van der Waals surface area (Å²) in [5.74, 6) is -0.275. The Kier molecular flexibility index (Phi) is 3.01. The lowest BCUT2D eigenvalue weighted by Gasteiger charge is -2.40. The van der Waals surface area contributed by atoms with E-state index >= 15 is 0 Å². The van der Waals surface area contributed by atoms with E-state index in [2.05, 4.69) is 23.8 Å². The molecule has 0 aromatic heterocycles. The monoisotopic (exact) mass is 223 g/mol. The van der Waals surface area contributed by atoms with Gasteiger partial charge in [-0.2, -0.15) is 0 Å².